The number of phenolic OH excluding ortho intramolecular Hbond substituents is 1. The summed E-state index contributed by atoms with van der Waals surface area (Å²) in [7, 11) is -3.64. The van der Waals surface area contributed by atoms with E-state index in [2.05, 4.69) is 0 Å². The quantitative estimate of drug-likeness (QED) is 0.853. The Hall–Kier alpha value is -2.34. The standard InChI is InChI=1S/C16H16O5S/c17-14-6-8-15(9-7-14)22(20,21)11-13(10-16(18)19)12-4-2-1-3-5-12/h1-9,13,17H,10-11H2,(H,18,19)/t13-/m0/s1. The highest BCUT2D eigenvalue weighted by Gasteiger charge is 2.24. The lowest BCUT2D eigenvalue weighted by molar-refractivity contribution is -0.137. The van der Waals surface area contributed by atoms with E-state index in [0.29, 0.717) is 5.56 Å². The van der Waals surface area contributed by atoms with Crippen LogP contribution in [0, 0.1) is 0 Å². The Morgan fingerprint density at radius 2 is 1.59 bits per heavy atom. The maximum atomic E-state index is 12.4. The number of carboxylic acids is 1. The molecule has 5 nitrogen and oxygen atoms in total. The summed E-state index contributed by atoms with van der Waals surface area (Å²) in [5.41, 5.74) is 0.673. The first-order valence-electron chi connectivity index (χ1n) is 6.67. The van der Waals surface area contributed by atoms with Crippen molar-refractivity contribution in [3.63, 3.8) is 0 Å². The van der Waals surface area contributed by atoms with Crippen molar-refractivity contribution in [3.05, 3.63) is 60.2 Å². The highest BCUT2D eigenvalue weighted by molar-refractivity contribution is 7.91. The van der Waals surface area contributed by atoms with Gasteiger partial charge in [-0.15, -0.1) is 0 Å². The third-order valence-corrected chi connectivity index (χ3v) is 5.14. The van der Waals surface area contributed by atoms with Crippen LogP contribution in [0.25, 0.3) is 0 Å². The van der Waals surface area contributed by atoms with Crippen LogP contribution in [0.5, 0.6) is 5.75 Å². The van der Waals surface area contributed by atoms with Gasteiger partial charge in [0, 0.05) is 5.92 Å². The zero-order valence-electron chi connectivity index (χ0n) is 11.7. The third kappa shape index (κ3) is 4.08. The summed E-state index contributed by atoms with van der Waals surface area (Å²) in [5, 5.41) is 18.2. The molecule has 0 aliphatic rings. The van der Waals surface area contributed by atoms with E-state index < -0.39 is 21.7 Å². The molecule has 116 valence electrons. The number of rotatable bonds is 6. The van der Waals surface area contributed by atoms with Crippen molar-refractivity contribution >= 4 is 15.8 Å². The fraction of sp³-hybridized carbons (Fsp3) is 0.188. The number of benzene rings is 2. The lowest BCUT2D eigenvalue weighted by atomic mass is 9.98. The fourth-order valence-corrected chi connectivity index (χ4v) is 3.81. The van der Waals surface area contributed by atoms with E-state index in [1.165, 1.54) is 24.3 Å². The lowest BCUT2D eigenvalue weighted by Gasteiger charge is -2.15. The predicted octanol–water partition coefficient (Wildman–Crippen LogP) is 2.42. The average Bonchev–Trinajstić information content (AvgIpc) is 2.47. The van der Waals surface area contributed by atoms with Gasteiger partial charge in [-0.05, 0) is 29.8 Å². The molecule has 6 heteroatoms. The van der Waals surface area contributed by atoms with Crippen molar-refractivity contribution in [1.29, 1.82) is 0 Å². The molecule has 0 spiro atoms. The van der Waals surface area contributed by atoms with Crippen LogP contribution >= 0.6 is 0 Å². The summed E-state index contributed by atoms with van der Waals surface area (Å²) >= 11 is 0. The topological polar surface area (TPSA) is 91.7 Å². The van der Waals surface area contributed by atoms with Crippen LogP contribution in [0.4, 0.5) is 0 Å². The van der Waals surface area contributed by atoms with Gasteiger partial charge in [-0.1, -0.05) is 30.3 Å². The zero-order chi connectivity index (χ0) is 16.2. The maximum absolute atomic E-state index is 12.4. The minimum Gasteiger partial charge on any atom is -0.508 e. The Morgan fingerprint density at radius 3 is 2.14 bits per heavy atom. The van der Waals surface area contributed by atoms with Crippen LogP contribution in [0.2, 0.25) is 0 Å². The lowest BCUT2D eigenvalue weighted by Crippen LogP contribution is -2.18. The Labute approximate surface area is 128 Å². The number of hydrogen-bond acceptors (Lipinski definition) is 4. The van der Waals surface area contributed by atoms with Crippen LogP contribution < -0.4 is 0 Å². The van der Waals surface area contributed by atoms with Gasteiger partial charge < -0.3 is 10.2 Å². The van der Waals surface area contributed by atoms with Crippen LogP contribution in [-0.2, 0) is 14.6 Å². The molecule has 2 N–H and O–H groups in total. The largest absolute Gasteiger partial charge is 0.508 e. The molecule has 0 saturated heterocycles. The van der Waals surface area contributed by atoms with E-state index >= 15 is 0 Å². The summed E-state index contributed by atoms with van der Waals surface area (Å²) in [6, 6.07) is 13.9. The molecule has 0 bridgehead atoms. The van der Waals surface area contributed by atoms with E-state index in [9.17, 15) is 18.3 Å². The fourth-order valence-electron chi connectivity index (χ4n) is 2.22. The SMILES string of the molecule is O=C(O)C[C@@H](CS(=O)(=O)c1ccc(O)cc1)c1ccccc1. The van der Waals surface area contributed by atoms with Gasteiger partial charge in [-0.3, -0.25) is 4.79 Å². The van der Waals surface area contributed by atoms with Crippen LogP contribution in [-0.4, -0.2) is 30.4 Å². The Balaban J connectivity index is 2.30. The van der Waals surface area contributed by atoms with Crippen molar-refractivity contribution in [1.82, 2.24) is 0 Å². The molecular weight excluding hydrogens is 304 g/mol. The molecule has 0 aromatic heterocycles. The highest BCUT2D eigenvalue weighted by Crippen LogP contribution is 2.25. The van der Waals surface area contributed by atoms with E-state index in [0.717, 1.165) is 0 Å². The van der Waals surface area contributed by atoms with Crippen molar-refractivity contribution < 1.29 is 23.4 Å². The molecule has 0 heterocycles. The van der Waals surface area contributed by atoms with Crippen molar-refractivity contribution in [2.24, 2.45) is 0 Å². The number of carbonyl (C=O) groups is 1. The summed E-state index contributed by atoms with van der Waals surface area (Å²) in [5.74, 6) is -2.00. The number of phenols is 1. The number of carboxylic acid groups (broad SMARTS) is 1. The summed E-state index contributed by atoms with van der Waals surface area (Å²) in [4.78, 5) is 11.1. The molecule has 0 amide bonds. The van der Waals surface area contributed by atoms with E-state index in [4.69, 9.17) is 5.11 Å². The van der Waals surface area contributed by atoms with Gasteiger partial charge in [0.1, 0.15) is 5.75 Å². The first kappa shape index (κ1) is 16.0. The molecular formula is C16H16O5S. The number of hydrogen-bond donors (Lipinski definition) is 2. The van der Waals surface area contributed by atoms with Crippen molar-refractivity contribution in [2.75, 3.05) is 5.75 Å². The Morgan fingerprint density at radius 1 is 1.00 bits per heavy atom. The van der Waals surface area contributed by atoms with Gasteiger partial charge in [-0.2, -0.15) is 0 Å². The number of aromatic hydroxyl groups is 1. The zero-order valence-corrected chi connectivity index (χ0v) is 12.5. The second-order valence-electron chi connectivity index (χ2n) is 4.98. The molecule has 0 aliphatic heterocycles. The second kappa shape index (κ2) is 6.62. The van der Waals surface area contributed by atoms with Gasteiger partial charge in [0.15, 0.2) is 9.84 Å². The number of sulfone groups is 1. The smallest absolute Gasteiger partial charge is 0.303 e. The van der Waals surface area contributed by atoms with Gasteiger partial charge in [0.2, 0.25) is 0 Å². The molecule has 2 aromatic carbocycles. The molecule has 0 radical (unpaired) electrons. The Kier molecular flexibility index (Phi) is 4.82. The molecule has 0 fully saturated rings. The first-order chi connectivity index (χ1) is 10.4. The second-order valence-corrected chi connectivity index (χ2v) is 7.02. The third-order valence-electron chi connectivity index (χ3n) is 3.31. The van der Waals surface area contributed by atoms with Gasteiger partial charge in [0.25, 0.3) is 0 Å². The molecule has 2 rings (SSSR count). The summed E-state index contributed by atoms with van der Waals surface area (Å²) < 4.78 is 24.9. The summed E-state index contributed by atoms with van der Waals surface area (Å²) in [6.07, 6.45) is -0.263. The van der Waals surface area contributed by atoms with Gasteiger partial charge >= 0.3 is 5.97 Å². The number of aliphatic carboxylic acids is 1. The predicted molar refractivity (Wildman–Crippen MR) is 81.6 cm³/mol. The average molecular weight is 320 g/mol. The maximum Gasteiger partial charge on any atom is 0.303 e. The van der Waals surface area contributed by atoms with E-state index in [-0.39, 0.29) is 22.8 Å². The van der Waals surface area contributed by atoms with Gasteiger partial charge in [0.05, 0.1) is 17.1 Å². The molecule has 22 heavy (non-hydrogen) atoms. The van der Waals surface area contributed by atoms with E-state index in [1.54, 1.807) is 30.3 Å². The molecule has 2 aromatic rings. The van der Waals surface area contributed by atoms with Crippen molar-refractivity contribution in [2.45, 2.75) is 17.2 Å². The molecule has 0 saturated carbocycles. The van der Waals surface area contributed by atoms with Crippen LogP contribution in [0.1, 0.15) is 17.9 Å². The van der Waals surface area contributed by atoms with Gasteiger partial charge in [-0.25, -0.2) is 8.42 Å². The first-order valence-corrected chi connectivity index (χ1v) is 8.32. The molecule has 0 unspecified atom stereocenters. The van der Waals surface area contributed by atoms with Crippen LogP contribution in [0.15, 0.2) is 59.5 Å². The highest BCUT2D eigenvalue weighted by atomic mass is 32.2. The van der Waals surface area contributed by atoms with E-state index in [1.807, 2.05) is 0 Å². The minimum atomic E-state index is -3.64. The monoisotopic (exact) mass is 320 g/mol. The molecule has 1 atom stereocenters. The normalized spacial score (nSPS) is 12.7. The van der Waals surface area contributed by atoms with Crippen LogP contribution in [0.3, 0.4) is 0 Å². The minimum absolute atomic E-state index is 0.0240. The Bertz CT molecular complexity index is 736. The van der Waals surface area contributed by atoms with Crippen molar-refractivity contribution in [3.8, 4) is 5.75 Å². The summed E-state index contributed by atoms with van der Waals surface area (Å²) in [6.45, 7) is 0. The molecule has 0 aliphatic carbocycles.